The molecule has 0 aliphatic heterocycles. The Bertz CT molecular complexity index is 586. The molecule has 1 N–H and O–H groups in total. The van der Waals surface area contributed by atoms with Gasteiger partial charge in [0.2, 0.25) is 0 Å². The van der Waals surface area contributed by atoms with Crippen LogP contribution >= 0.6 is 27.5 Å². The van der Waals surface area contributed by atoms with E-state index in [1.165, 1.54) is 11.1 Å². The molecular formula is C17H19BrClNO. The van der Waals surface area contributed by atoms with E-state index in [0.717, 1.165) is 28.2 Å². The Morgan fingerprint density at radius 1 is 1.19 bits per heavy atom. The second-order valence-corrected chi connectivity index (χ2v) is 6.12. The van der Waals surface area contributed by atoms with Crippen LogP contribution in [-0.2, 0) is 6.54 Å². The molecule has 0 bridgehead atoms. The van der Waals surface area contributed by atoms with Crippen LogP contribution in [0, 0.1) is 0 Å². The highest BCUT2D eigenvalue weighted by Gasteiger charge is 2.09. The zero-order chi connectivity index (χ0) is 15.2. The second kappa shape index (κ2) is 7.83. The van der Waals surface area contributed by atoms with Crippen LogP contribution < -0.4 is 10.1 Å². The molecule has 0 aliphatic carbocycles. The summed E-state index contributed by atoms with van der Waals surface area (Å²) in [5.41, 5.74) is 2.48. The van der Waals surface area contributed by atoms with Gasteiger partial charge in [-0.05, 0) is 57.7 Å². The van der Waals surface area contributed by atoms with E-state index in [2.05, 4.69) is 46.4 Å². The summed E-state index contributed by atoms with van der Waals surface area (Å²) in [7, 11) is 1.68. The molecule has 0 amide bonds. The van der Waals surface area contributed by atoms with E-state index in [1.54, 1.807) is 7.11 Å². The predicted octanol–water partition coefficient (Wildman–Crippen LogP) is 5.35. The number of benzene rings is 2. The number of hydrogen-bond donors (Lipinski definition) is 1. The Hall–Kier alpha value is -1.03. The third-order valence-electron chi connectivity index (χ3n) is 3.46. The second-order valence-electron chi connectivity index (χ2n) is 4.86. The lowest BCUT2D eigenvalue weighted by Gasteiger charge is -2.18. The quantitative estimate of drug-likeness (QED) is 0.742. The summed E-state index contributed by atoms with van der Waals surface area (Å²) in [6, 6.07) is 14.5. The monoisotopic (exact) mass is 367 g/mol. The largest absolute Gasteiger partial charge is 0.497 e. The zero-order valence-electron chi connectivity index (χ0n) is 12.2. The van der Waals surface area contributed by atoms with E-state index in [4.69, 9.17) is 16.3 Å². The Balaban J connectivity index is 2.02. The third-order valence-corrected chi connectivity index (χ3v) is 4.68. The molecule has 0 spiro atoms. The summed E-state index contributed by atoms with van der Waals surface area (Å²) in [6.07, 6.45) is 1.03. The van der Waals surface area contributed by atoms with Crippen LogP contribution in [-0.4, -0.2) is 7.11 Å². The number of halogens is 2. The summed E-state index contributed by atoms with van der Waals surface area (Å²) in [6.45, 7) is 2.99. The summed E-state index contributed by atoms with van der Waals surface area (Å²) in [4.78, 5) is 0. The zero-order valence-corrected chi connectivity index (χ0v) is 14.5. The van der Waals surface area contributed by atoms with Gasteiger partial charge in [-0.15, -0.1) is 0 Å². The fourth-order valence-corrected chi connectivity index (χ4v) is 2.77. The van der Waals surface area contributed by atoms with E-state index < -0.39 is 0 Å². The van der Waals surface area contributed by atoms with E-state index in [9.17, 15) is 0 Å². The Morgan fingerprint density at radius 2 is 1.90 bits per heavy atom. The van der Waals surface area contributed by atoms with Gasteiger partial charge in [-0.1, -0.05) is 36.7 Å². The molecule has 0 aliphatic rings. The first-order valence-electron chi connectivity index (χ1n) is 6.95. The van der Waals surface area contributed by atoms with Crippen molar-refractivity contribution in [1.29, 1.82) is 0 Å². The molecule has 1 unspecified atom stereocenters. The normalized spacial score (nSPS) is 12.2. The summed E-state index contributed by atoms with van der Waals surface area (Å²) in [5.74, 6) is 0.884. The van der Waals surface area contributed by atoms with Crippen LogP contribution in [0.3, 0.4) is 0 Å². The molecule has 4 heteroatoms. The number of ether oxygens (including phenoxy) is 1. The molecule has 0 aromatic heterocycles. The van der Waals surface area contributed by atoms with E-state index in [1.807, 2.05) is 24.3 Å². The molecule has 2 aromatic carbocycles. The maximum atomic E-state index is 6.02. The van der Waals surface area contributed by atoms with Gasteiger partial charge in [-0.25, -0.2) is 0 Å². The first-order chi connectivity index (χ1) is 10.1. The van der Waals surface area contributed by atoms with Crippen LogP contribution in [0.5, 0.6) is 5.75 Å². The van der Waals surface area contributed by atoms with Gasteiger partial charge in [0.25, 0.3) is 0 Å². The van der Waals surface area contributed by atoms with Gasteiger partial charge in [-0.2, -0.15) is 0 Å². The van der Waals surface area contributed by atoms with Crippen LogP contribution in [0.1, 0.15) is 30.5 Å². The number of methoxy groups -OCH3 is 1. The third kappa shape index (κ3) is 4.47. The van der Waals surface area contributed by atoms with Crippen molar-refractivity contribution in [2.24, 2.45) is 0 Å². The highest BCUT2D eigenvalue weighted by Crippen LogP contribution is 2.24. The Kier molecular flexibility index (Phi) is 6.09. The molecule has 0 fully saturated rings. The van der Waals surface area contributed by atoms with Crippen molar-refractivity contribution in [1.82, 2.24) is 5.32 Å². The molecule has 0 heterocycles. The SMILES string of the molecule is CCC(NCc1ccc(Cl)c(Br)c1)c1ccc(OC)cc1. The van der Waals surface area contributed by atoms with Crippen molar-refractivity contribution in [3.8, 4) is 5.75 Å². The lowest BCUT2D eigenvalue weighted by atomic mass is 10.0. The van der Waals surface area contributed by atoms with Crippen LogP contribution in [0.15, 0.2) is 46.9 Å². The van der Waals surface area contributed by atoms with E-state index >= 15 is 0 Å². The molecule has 0 saturated carbocycles. The summed E-state index contributed by atoms with van der Waals surface area (Å²) < 4.78 is 6.13. The van der Waals surface area contributed by atoms with Crippen molar-refractivity contribution < 1.29 is 4.74 Å². The minimum atomic E-state index is 0.324. The lowest BCUT2D eigenvalue weighted by Crippen LogP contribution is -2.20. The molecule has 2 nitrogen and oxygen atoms in total. The van der Waals surface area contributed by atoms with Crippen LogP contribution in [0.2, 0.25) is 5.02 Å². The molecular weight excluding hydrogens is 350 g/mol. The number of nitrogens with one attached hydrogen (secondary N) is 1. The van der Waals surface area contributed by atoms with Gasteiger partial charge in [0, 0.05) is 17.1 Å². The van der Waals surface area contributed by atoms with Crippen molar-refractivity contribution >= 4 is 27.5 Å². The molecule has 21 heavy (non-hydrogen) atoms. The van der Waals surface area contributed by atoms with Gasteiger partial charge in [0.15, 0.2) is 0 Å². The van der Waals surface area contributed by atoms with Crippen molar-refractivity contribution in [3.63, 3.8) is 0 Å². The smallest absolute Gasteiger partial charge is 0.118 e. The minimum Gasteiger partial charge on any atom is -0.497 e. The average Bonchev–Trinajstić information content (AvgIpc) is 2.52. The molecule has 1 atom stereocenters. The molecule has 0 saturated heterocycles. The Labute approximate surface area is 139 Å². The van der Waals surface area contributed by atoms with Crippen LogP contribution in [0.4, 0.5) is 0 Å². The number of hydrogen-bond acceptors (Lipinski definition) is 2. The van der Waals surface area contributed by atoms with Crippen molar-refractivity contribution in [2.45, 2.75) is 25.9 Å². The predicted molar refractivity (Wildman–Crippen MR) is 92.0 cm³/mol. The van der Waals surface area contributed by atoms with E-state index in [-0.39, 0.29) is 0 Å². The maximum Gasteiger partial charge on any atom is 0.118 e. The average molecular weight is 369 g/mol. The van der Waals surface area contributed by atoms with Gasteiger partial charge in [-0.3, -0.25) is 0 Å². The maximum absolute atomic E-state index is 6.02. The topological polar surface area (TPSA) is 21.3 Å². The highest BCUT2D eigenvalue weighted by molar-refractivity contribution is 9.10. The van der Waals surface area contributed by atoms with Gasteiger partial charge in [0.05, 0.1) is 12.1 Å². The summed E-state index contributed by atoms with van der Waals surface area (Å²) in [5, 5.41) is 4.32. The fourth-order valence-electron chi connectivity index (χ4n) is 2.22. The van der Waals surface area contributed by atoms with Gasteiger partial charge >= 0.3 is 0 Å². The molecule has 0 radical (unpaired) electrons. The van der Waals surface area contributed by atoms with Crippen LogP contribution in [0.25, 0.3) is 0 Å². The van der Waals surface area contributed by atoms with Gasteiger partial charge < -0.3 is 10.1 Å². The van der Waals surface area contributed by atoms with Crippen molar-refractivity contribution in [3.05, 3.63) is 63.1 Å². The summed E-state index contributed by atoms with van der Waals surface area (Å²) >= 11 is 9.47. The molecule has 2 rings (SSSR count). The number of rotatable bonds is 6. The minimum absolute atomic E-state index is 0.324. The Morgan fingerprint density at radius 3 is 2.48 bits per heavy atom. The lowest BCUT2D eigenvalue weighted by molar-refractivity contribution is 0.414. The standard InChI is InChI=1S/C17H19BrClNO/c1-3-17(13-5-7-14(21-2)8-6-13)20-11-12-4-9-16(19)15(18)10-12/h4-10,17,20H,3,11H2,1-2H3. The first kappa shape index (κ1) is 16.3. The van der Waals surface area contributed by atoms with Crippen molar-refractivity contribution in [2.75, 3.05) is 7.11 Å². The molecule has 2 aromatic rings. The highest BCUT2D eigenvalue weighted by atomic mass is 79.9. The van der Waals surface area contributed by atoms with E-state index in [0.29, 0.717) is 6.04 Å². The first-order valence-corrected chi connectivity index (χ1v) is 8.12. The molecule has 112 valence electrons. The van der Waals surface area contributed by atoms with Gasteiger partial charge in [0.1, 0.15) is 5.75 Å². The fraction of sp³-hybridized carbons (Fsp3) is 0.294.